The number of rotatable bonds is 8. The molecule has 1 unspecified atom stereocenters. The highest BCUT2D eigenvalue weighted by atomic mass is 16.2. The van der Waals surface area contributed by atoms with E-state index in [9.17, 15) is 9.59 Å². The summed E-state index contributed by atoms with van der Waals surface area (Å²) >= 11 is 0. The van der Waals surface area contributed by atoms with Gasteiger partial charge in [0.25, 0.3) is 11.8 Å². The lowest BCUT2D eigenvalue weighted by molar-refractivity contribution is -0.862. The Balaban J connectivity index is 1.83. The highest BCUT2D eigenvalue weighted by Gasteiger charge is 2.19. The lowest BCUT2D eigenvalue weighted by Gasteiger charge is -2.22. The Morgan fingerprint density at radius 3 is 2.27 bits per heavy atom. The number of likely N-dealkylation sites (N-methyl/N-ethyl adjacent to an activating group) is 2. The van der Waals surface area contributed by atoms with Crippen molar-refractivity contribution >= 4 is 17.5 Å². The van der Waals surface area contributed by atoms with Crippen LogP contribution in [-0.4, -0.2) is 43.4 Å². The quantitative estimate of drug-likeness (QED) is 0.755. The third-order valence-corrected chi connectivity index (χ3v) is 4.20. The molecule has 2 amide bonds. The molecular formula is C21H28N3O2+. The number of benzene rings is 2. The number of anilines is 1. The average molecular weight is 354 g/mol. The van der Waals surface area contributed by atoms with Crippen molar-refractivity contribution in [3.05, 3.63) is 65.7 Å². The zero-order chi connectivity index (χ0) is 18.9. The molecule has 0 fully saturated rings. The van der Waals surface area contributed by atoms with E-state index < -0.39 is 0 Å². The van der Waals surface area contributed by atoms with Gasteiger partial charge in [0.15, 0.2) is 13.1 Å². The maximum atomic E-state index is 12.5. The predicted octanol–water partition coefficient (Wildman–Crippen LogP) is 1.50. The van der Waals surface area contributed by atoms with E-state index in [1.165, 1.54) is 0 Å². The van der Waals surface area contributed by atoms with E-state index in [-0.39, 0.29) is 18.4 Å². The molecular weight excluding hydrogens is 326 g/mol. The molecule has 2 N–H and O–H groups in total. The summed E-state index contributed by atoms with van der Waals surface area (Å²) in [5.41, 5.74) is 3.03. The standard InChI is InChI=1S/C21H27N3O2/c1-4-24(14-18-8-6-5-7-9-18)21(26)16-23(3)15-20(25)22-19-12-10-17(2)11-13-19/h5-13H,4,14-16H2,1-3H3,(H,22,25)/p+1. The van der Waals surface area contributed by atoms with Gasteiger partial charge in [-0.15, -0.1) is 0 Å². The minimum absolute atomic E-state index is 0.0528. The van der Waals surface area contributed by atoms with Crippen molar-refractivity contribution in [1.29, 1.82) is 0 Å². The smallest absolute Gasteiger partial charge is 0.279 e. The predicted molar refractivity (Wildman–Crippen MR) is 104 cm³/mol. The number of aryl methyl sites for hydroxylation is 1. The van der Waals surface area contributed by atoms with Gasteiger partial charge in [0.1, 0.15) is 0 Å². The fourth-order valence-corrected chi connectivity index (χ4v) is 2.73. The number of nitrogens with one attached hydrogen (secondary N) is 2. The average Bonchev–Trinajstić information content (AvgIpc) is 2.62. The Morgan fingerprint density at radius 1 is 1.00 bits per heavy atom. The molecule has 2 aromatic rings. The van der Waals surface area contributed by atoms with Gasteiger partial charge in [0.2, 0.25) is 0 Å². The largest absolute Gasteiger partial charge is 0.334 e. The number of quaternary nitrogens is 1. The van der Waals surface area contributed by atoms with E-state index in [1.807, 2.05) is 80.4 Å². The second-order valence-electron chi connectivity index (χ2n) is 6.62. The van der Waals surface area contributed by atoms with Crippen molar-refractivity contribution in [1.82, 2.24) is 4.90 Å². The number of amides is 2. The van der Waals surface area contributed by atoms with Crippen LogP contribution in [0.4, 0.5) is 5.69 Å². The number of carbonyl (C=O) groups excluding carboxylic acids is 2. The van der Waals surface area contributed by atoms with Crippen molar-refractivity contribution in [2.45, 2.75) is 20.4 Å². The van der Waals surface area contributed by atoms with Crippen LogP contribution >= 0.6 is 0 Å². The molecule has 0 spiro atoms. The van der Waals surface area contributed by atoms with Gasteiger partial charge in [-0.3, -0.25) is 9.59 Å². The van der Waals surface area contributed by atoms with Crippen molar-refractivity contribution in [3.63, 3.8) is 0 Å². The van der Waals surface area contributed by atoms with Crippen LogP contribution in [0.3, 0.4) is 0 Å². The maximum absolute atomic E-state index is 12.5. The first-order valence-corrected chi connectivity index (χ1v) is 8.97. The molecule has 0 aliphatic carbocycles. The summed E-state index contributed by atoms with van der Waals surface area (Å²) in [7, 11) is 1.86. The van der Waals surface area contributed by atoms with E-state index >= 15 is 0 Å². The number of carbonyl (C=O) groups is 2. The molecule has 0 saturated carbocycles. The molecule has 138 valence electrons. The van der Waals surface area contributed by atoms with E-state index in [1.54, 1.807) is 0 Å². The molecule has 0 aliphatic rings. The summed E-state index contributed by atoms with van der Waals surface area (Å²) in [6, 6.07) is 17.6. The number of nitrogens with zero attached hydrogens (tertiary/aromatic N) is 1. The molecule has 26 heavy (non-hydrogen) atoms. The lowest BCUT2D eigenvalue weighted by Crippen LogP contribution is -3.11. The SMILES string of the molecule is CCN(Cc1ccccc1)C(=O)C[NH+](C)CC(=O)Nc1ccc(C)cc1. The molecule has 0 heterocycles. The molecule has 0 bridgehead atoms. The zero-order valence-corrected chi connectivity index (χ0v) is 15.8. The second-order valence-corrected chi connectivity index (χ2v) is 6.62. The molecule has 0 saturated heterocycles. The van der Waals surface area contributed by atoms with Crippen molar-refractivity contribution in [2.24, 2.45) is 0 Å². The van der Waals surface area contributed by atoms with Crippen LogP contribution in [0.1, 0.15) is 18.1 Å². The summed E-state index contributed by atoms with van der Waals surface area (Å²) in [5, 5.41) is 2.87. The van der Waals surface area contributed by atoms with Crippen LogP contribution in [0.15, 0.2) is 54.6 Å². The summed E-state index contributed by atoms with van der Waals surface area (Å²) in [6.07, 6.45) is 0. The molecule has 0 aromatic heterocycles. The molecule has 0 radical (unpaired) electrons. The fraction of sp³-hybridized carbons (Fsp3) is 0.333. The van der Waals surface area contributed by atoms with Gasteiger partial charge < -0.3 is 15.1 Å². The van der Waals surface area contributed by atoms with Gasteiger partial charge in [-0.25, -0.2) is 0 Å². The van der Waals surface area contributed by atoms with Crippen LogP contribution < -0.4 is 10.2 Å². The van der Waals surface area contributed by atoms with Crippen LogP contribution in [0.5, 0.6) is 0 Å². The normalized spacial score (nSPS) is 11.7. The summed E-state index contributed by atoms with van der Waals surface area (Å²) in [5.74, 6) is -0.0396. The Morgan fingerprint density at radius 2 is 1.65 bits per heavy atom. The highest BCUT2D eigenvalue weighted by Crippen LogP contribution is 2.08. The third kappa shape index (κ3) is 6.33. The van der Waals surface area contributed by atoms with Gasteiger partial charge in [0.05, 0.1) is 7.05 Å². The molecule has 5 nitrogen and oxygen atoms in total. The summed E-state index contributed by atoms with van der Waals surface area (Å²) < 4.78 is 0. The lowest BCUT2D eigenvalue weighted by atomic mass is 10.2. The maximum Gasteiger partial charge on any atom is 0.279 e. The van der Waals surface area contributed by atoms with Gasteiger partial charge in [-0.1, -0.05) is 48.0 Å². The Kier molecular flexibility index (Phi) is 7.36. The summed E-state index contributed by atoms with van der Waals surface area (Å²) in [4.78, 5) is 27.4. The van der Waals surface area contributed by atoms with Crippen LogP contribution in [0.2, 0.25) is 0 Å². The molecule has 2 aromatic carbocycles. The second kappa shape index (κ2) is 9.73. The Labute approximate surface area is 155 Å². The molecule has 5 heteroatoms. The van der Waals surface area contributed by atoms with Gasteiger partial charge in [-0.05, 0) is 31.5 Å². The summed E-state index contributed by atoms with van der Waals surface area (Å²) in [6.45, 7) is 5.77. The van der Waals surface area contributed by atoms with Gasteiger partial charge in [0, 0.05) is 18.8 Å². The van der Waals surface area contributed by atoms with Gasteiger partial charge >= 0.3 is 0 Å². The fourth-order valence-electron chi connectivity index (χ4n) is 2.73. The number of hydrogen-bond acceptors (Lipinski definition) is 2. The van der Waals surface area contributed by atoms with E-state index in [0.29, 0.717) is 19.6 Å². The minimum atomic E-state index is -0.0924. The Bertz CT molecular complexity index is 714. The monoisotopic (exact) mass is 354 g/mol. The first-order valence-electron chi connectivity index (χ1n) is 8.97. The van der Waals surface area contributed by atoms with E-state index in [0.717, 1.165) is 21.7 Å². The van der Waals surface area contributed by atoms with Gasteiger partial charge in [-0.2, -0.15) is 0 Å². The third-order valence-electron chi connectivity index (χ3n) is 4.20. The number of hydrogen-bond donors (Lipinski definition) is 2. The topological polar surface area (TPSA) is 53.9 Å². The molecule has 1 atom stereocenters. The van der Waals surface area contributed by atoms with Crippen molar-refractivity contribution in [2.75, 3.05) is 32.0 Å². The van der Waals surface area contributed by atoms with E-state index in [2.05, 4.69) is 5.32 Å². The van der Waals surface area contributed by atoms with Crippen LogP contribution in [0.25, 0.3) is 0 Å². The zero-order valence-electron chi connectivity index (χ0n) is 15.8. The minimum Gasteiger partial charge on any atom is -0.334 e. The highest BCUT2D eigenvalue weighted by molar-refractivity contribution is 5.91. The van der Waals surface area contributed by atoms with Crippen molar-refractivity contribution < 1.29 is 14.5 Å². The first kappa shape index (κ1) is 19.7. The van der Waals surface area contributed by atoms with Crippen LogP contribution in [-0.2, 0) is 16.1 Å². The first-order chi connectivity index (χ1) is 12.5. The Hall–Kier alpha value is -2.66. The van der Waals surface area contributed by atoms with Crippen LogP contribution in [0, 0.1) is 6.92 Å². The van der Waals surface area contributed by atoms with Crippen molar-refractivity contribution in [3.8, 4) is 0 Å². The molecule has 2 rings (SSSR count). The van der Waals surface area contributed by atoms with E-state index in [4.69, 9.17) is 0 Å². The molecule has 0 aliphatic heterocycles.